The van der Waals surface area contributed by atoms with Crippen LogP contribution >= 0.6 is 27.3 Å². The molecule has 0 aliphatic carbocycles. The van der Waals surface area contributed by atoms with Crippen LogP contribution in [-0.4, -0.2) is 18.0 Å². The molecule has 0 N–H and O–H groups in total. The zero-order valence-corrected chi connectivity index (χ0v) is 10.0. The Balaban J connectivity index is 2.16. The van der Waals surface area contributed by atoms with Crippen molar-refractivity contribution in [3.05, 3.63) is 39.0 Å². The second-order valence-electron chi connectivity index (χ2n) is 3.43. The van der Waals surface area contributed by atoms with Gasteiger partial charge in [0.2, 0.25) is 5.78 Å². The monoisotopic (exact) mass is 282 g/mol. The summed E-state index contributed by atoms with van der Waals surface area (Å²) in [7, 11) is 0. The number of Topliss-reactive ketones (excluding diaryl/α,β-unsaturated/α-hetero) is 1. The molecule has 3 heterocycles. The van der Waals surface area contributed by atoms with Crippen molar-refractivity contribution in [1.82, 2.24) is 0 Å². The van der Waals surface area contributed by atoms with E-state index in [1.54, 1.807) is 11.3 Å². The predicted molar refractivity (Wildman–Crippen MR) is 63.0 cm³/mol. The number of carbonyl (C=O) groups is 1. The van der Waals surface area contributed by atoms with Crippen molar-refractivity contribution in [1.29, 1.82) is 0 Å². The Morgan fingerprint density at radius 1 is 1.33 bits per heavy atom. The zero-order chi connectivity index (χ0) is 10.4. The molecule has 0 amide bonds. The quantitative estimate of drug-likeness (QED) is 0.741. The van der Waals surface area contributed by atoms with Gasteiger partial charge in [0.15, 0.2) is 0 Å². The van der Waals surface area contributed by atoms with Crippen LogP contribution in [0.3, 0.4) is 0 Å². The SMILES string of the molecule is O=C1C(Br)=C(c2cccs2)[C@H]2C=C[C@@H]1O2. The Morgan fingerprint density at radius 2 is 2.13 bits per heavy atom. The van der Waals surface area contributed by atoms with Crippen LogP contribution in [0.25, 0.3) is 5.57 Å². The molecule has 2 nitrogen and oxygen atoms in total. The first kappa shape index (κ1) is 9.51. The number of ether oxygens (including phenoxy) is 1. The summed E-state index contributed by atoms with van der Waals surface area (Å²) in [6.07, 6.45) is 3.33. The number of hydrogen-bond donors (Lipinski definition) is 0. The first-order valence-corrected chi connectivity index (χ1v) is 6.26. The van der Waals surface area contributed by atoms with E-state index in [1.807, 2.05) is 29.7 Å². The minimum Gasteiger partial charge on any atom is -0.354 e. The summed E-state index contributed by atoms with van der Waals surface area (Å²) >= 11 is 5.00. The lowest BCUT2D eigenvalue weighted by atomic mass is 10.1. The predicted octanol–water partition coefficient (Wildman–Crippen LogP) is 2.76. The molecule has 0 saturated heterocycles. The molecule has 4 heteroatoms. The fraction of sp³-hybridized carbons (Fsp3) is 0.182. The zero-order valence-electron chi connectivity index (χ0n) is 7.64. The van der Waals surface area contributed by atoms with E-state index in [2.05, 4.69) is 15.9 Å². The van der Waals surface area contributed by atoms with Crippen LogP contribution in [0.1, 0.15) is 4.88 Å². The van der Waals surface area contributed by atoms with E-state index in [-0.39, 0.29) is 18.0 Å². The molecule has 3 rings (SSSR count). The number of fused-ring (bicyclic) bond motifs is 2. The minimum absolute atomic E-state index is 0.0170. The molecule has 0 saturated carbocycles. The number of thiophene rings is 1. The first-order chi connectivity index (χ1) is 7.27. The number of halogens is 1. The maximum Gasteiger partial charge on any atom is 0.202 e. The maximum absolute atomic E-state index is 11.8. The van der Waals surface area contributed by atoms with Gasteiger partial charge in [-0.3, -0.25) is 4.79 Å². The molecule has 2 atom stereocenters. The van der Waals surface area contributed by atoms with E-state index in [0.717, 1.165) is 10.5 Å². The molecule has 0 fully saturated rings. The summed E-state index contributed by atoms with van der Waals surface area (Å²) in [6.45, 7) is 0. The van der Waals surface area contributed by atoms with Gasteiger partial charge in [0.05, 0.1) is 4.48 Å². The van der Waals surface area contributed by atoms with Gasteiger partial charge in [0.25, 0.3) is 0 Å². The third kappa shape index (κ3) is 1.36. The average molecular weight is 283 g/mol. The number of carbonyl (C=O) groups excluding carboxylic acids is 1. The molecule has 0 radical (unpaired) electrons. The molecular weight excluding hydrogens is 276 g/mol. The lowest BCUT2D eigenvalue weighted by Gasteiger charge is -2.22. The smallest absolute Gasteiger partial charge is 0.202 e. The fourth-order valence-electron chi connectivity index (χ4n) is 1.83. The van der Waals surface area contributed by atoms with E-state index >= 15 is 0 Å². The van der Waals surface area contributed by atoms with Crippen molar-refractivity contribution in [2.75, 3.05) is 0 Å². The van der Waals surface area contributed by atoms with Gasteiger partial charge in [-0.15, -0.1) is 11.3 Å². The second-order valence-corrected chi connectivity index (χ2v) is 5.17. The summed E-state index contributed by atoms with van der Waals surface area (Å²) < 4.78 is 6.24. The van der Waals surface area contributed by atoms with Crippen molar-refractivity contribution >= 4 is 38.6 Å². The van der Waals surface area contributed by atoms with Crippen molar-refractivity contribution in [3.63, 3.8) is 0 Å². The van der Waals surface area contributed by atoms with Gasteiger partial charge in [0, 0.05) is 10.5 Å². The number of hydrogen-bond acceptors (Lipinski definition) is 3. The average Bonchev–Trinajstić information content (AvgIpc) is 2.85. The van der Waals surface area contributed by atoms with Crippen LogP contribution in [0.4, 0.5) is 0 Å². The Kier molecular flexibility index (Phi) is 2.16. The highest BCUT2D eigenvalue weighted by Gasteiger charge is 2.37. The van der Waals surface area contributed by atoms with E-state index in [1.165, 1.54) is 0 Å². The summed E-state index contributed by atoms with van der Waals surface area (Å²) in [6, 6.07) is 3.98. The number of ketones is 1. The van der Waals surface area contributed by atoms with Crippen molar-refractivity contribution in [2.45, 2.75) is 12.2 Å². The van der Waals surface area contributed by atoms with Crippen LogP contribution in [0.15, 0.2) is 34.1 Å². The van der Waals surface area contributed by atoms with Gasteiger partial charge in [0.1, 0.15) is 12.2 Å². The lowest BCUT2D eigenvalue weighted by Crippen LogP contribution is -2.28. The van der Waals surface area contributed by atoms with E-state index in [4.69, 9.17) is 4.74 Å². The minimum atomic E-state index is -0.381. The van der Waals surface area contributed by atoms with Gasteiger partial charge in [-0.05, 0) is 33.5 Å². The molecule has 76 valence electrons. The molecule has 0 spiro atoms. The molecule has 15 heavy (non-hydrogen) atoms. The van der Waals surface area contributed by atoms with Crippen molar-refractivity contribution < 1.29 is 9.53 Å². The normalized spacial score (nSPS) is 29.0. The molecule has 2 aliphatic heterocycles. The number of rotatable bonds is 1. The largest absolute Gasteiger partial charge is 0.354 e. The third-order valence-electron chi connectivity index (χ3n) is 2.54. The van der Waals surface area contributed by atoms with E-state index in [0.29, 0.717) is 4.48 Å². The second kappa shape index (κ2) is 3.40. The molecule has 2 bridgehead atoms. The van der Waals surface area contributed by atoms with Gasteiger partial charge >= 0.3 is 0 Å². The van der Waals surface area contributed by atoms with Crippen LogP contribution in [-0.2, 0) is 9.53 Å². The summed E-state index contributed by atoms with van der Waals surface area (Å²) in [5.41, 5.74) is 0.958. The Hall–Kier alpha value is -0.710. The molecule has 1 aromatic rings. The topological polar surface area (TPSA) is 26.3 Å². The van der Waals surface area contributed by atoms with Crippen molar-refractivity contribution in [2.24, 2.45) is 0 Å². The highest BCUT2D eigenvalue weighted by Crippen LogP contribution is 2.39. The molecular formula is C11H7BrO2S. The van der Waals surface area contributed by atoms with Gasteiger partial charge in [-0.1, -0.05) is 12.1 Å². The Labute approximate surface area is 99.4 Å². The summed E-state index contributed by atoms with van der Waals surface area (Å²) in [5, 5.41) is 2.00. The first-order valence-electron chi connectivity index (χ1n) is 4.59. The lowest BCUT2D eigenvalue weighted by molar-refractivity contribution is -0.123. The highest BCUT2D eigenvalue weighted by molar-refractivity contribution is 9.12. The Bertz CT molecular complexity index is 473. The fourth-order valence-corrected chi connectivity index (χ4v) is 3.43. The molecule has 0 unspecified atom stereocenters. The molecule has 1 aromatic heterocycles. The van der Waals surface area contributed by atoms with Gasteiger partial charge < -0.3 is 4.74 Å². The standard InChI is InChI=1S/C11H7BrO2S/c12-10-9(8-2-1-5-15-8)6-3-4-7(14-6)11(10)13/h1-7H/t6-,7+/m1/s1. The Morgan fingerprint density at radius 3 is 2.87 bits per heavy atom. The third-order valence-corrected chi connectivity index (χ3v) is 4.26. The van der Waals surface area contributed by atoms with Crippen LogP contribution < -0.4 is 0 Å². The molecule has 2 aliphatic rings. The van der Waals surface area contributed by atoms with Crippen LogP contribution in [0.5, 0.6) is 0 Å². The van der Waals surface area contributed by atoms with E-state index < -0.39 is 0 Å². The van der Waals surface area contributed by atoms with Crippen LogP contribution in [0.2, 0.25) is 0 Å². The summed E-state index contributed by atoms with van der Waals surface area (Å²) in [5.74, 6) is 0.0170. The van der Waals surface area contributed by atoms with E-state index in [9.17, 15) is 4.79 Å². The van der Waals surface area contributed by atoms with Crippen molar-refractivity contribution in [3.8, 4) is 0 Å². The van der Waals surface area contributed by atoms with Crippen LogP contribution in [0, 0.1) is 0 Å². The maximum atomic E-state index is 11.8. The van der Waals surface area contributed by atoms with Gasteiger partial charge in [-0.25, -0.2) is 0 Å². The molecule has 0 aromatic carbocycles. The summed E-state index contributed by atoms with van der Waals surface area (Å²) in [4.78, 5) is 12.9. The highest BCUT2D eigenvalue weighted by atomic mass is 79.9. The van der Waals surface area contributed by atoms with Gasteiger partial charge in [-0.2, -0.15) is 0 Å².